The minimum Gasteiger partial charge on any atom is -0.431 e. The van der Waals surface area contributed by atoms with Crippen LogP contribution in [0.1, 0.15) is 11.1 Å². The van der Waals surface area contributed by atoms with E-state index in [-0.39, 0.29) is 4.90 Å². The highest BCUT2D eigenvalue weighted by Crippen LogP contribution is 2.30. The standard InChI is InChI=1S/C20H18N2O5S2/c1-12-4-6-15-13(9-19(23)26-18(15)8-12)11-28-20-21-16-10-14(5-7-17(16)27-20)29(24,25)22(2)3/h4-10H,11H2,1-3H3. The second kappa shape index (κ2) is 7.33. The molecule has 150 valence electrons. The molecular weight excluding hydrogens is 412 g/mol. The molecule has 29 heavy (non-hydrogen) atoms. The molecule has 2 aromatic heterocycles. The molecule has 0 saturated heterocycles. The molecule has 9 heteroatoms. The number of nitrogens with zero attached hydrogens (tertiary/aromatic N) is 2. The summed E-state index contributed by atoms with van der Waals surface area (Å²) in [5.74, 6) is 0.459. The lowest BCUT2D eigenvalue weighted by atomic mass is 10.1. The fourth-order valence-corrected chi connectivity index (χ4v) is 4.67. The first-order chi connectivity index (χ1) is 13.7. The van der Waals surface area contributed by atoms with Crippen LogP contribution in [0.4, 0.5) is 0 Å². The normalized spacial score (nSPS) is 12.3. The van der Waals surface area contributed by atoms with Crippen LogP contribution in [0.5, 0.6) is 0 Å². The maximum absolute atomic E-state index is 12.3. The average Bonchev–Trinajstić information content (AvgIpc) is 3.07. The van der Waals surface area contributed by atoms with E-state index in [1.165, 1.54) is 44.1 Å². The van der Waals surface area contributed by atoms with Crippen molar-refractivity contribution in [1.82, 2.24) is 9.29 Å². The fourth-order valence-electron chi connectivity index (χ4n) is 2.92. The largest absolute Gasteiger partial charge is 0.431 e. The van der Waals surface area contributed by atoms with Gasteiger partial charge < -0.3 is 8.83 Å². The highest BCUT2D eigenvalue weighted by molar-refractivity contribution is 7.98. The van der Waals surface area contributed by atoms with Gasteiger partial charge in [0.2, 0.25) is 10.0 Å². The van der Waals surface area contributed by atoms with Crippen LogP contribution in [-0.4, -0.2) is 31.8 Å². The van der Waals surface area contributed by atoms with E-state index in [4.69, 9.17) is 8.83 Å². The summed E-state index contributed by atoms with van der Waals surface area (Å²) >= 11 is 1.33. The molecule has 0 spiro atoms. The van der Waals surface area contributed by atoms with Crippen molar-refractivity contribution in [3.8, 4) is 0 Å². The first-order valence-electron chi connectivity index (χ1n) is 8.73. The molecular formula is C20H18N2O5S2. The van der Waals surface area contributed by atoms with Gasteiger partial charge in [0.05, 0.1) is 4.90 Å². The number of oxazole rings is 1. The second-order valence-corrected chi connectivity index (χ2v) is 9.85. The van der Waals surface area contributed by atoms with E-state index in [1.807, 2.05) is 25.1 Å². The molecule has 0 N–H and O–H groups in total. The number of benzene rings is 2. The smallest absolute Gasteiger partial charge is 0.336 e. The van der Waals surface area contributed by atoms with Crippen molar-refractivity contribution in [2.24, 2.45) is 0 Å². The van der Waals surface area contributed by atoms with Crippen LogP contribution >= 0.6 is 11.8 Å². The third-order valence-corrected chi connectivity index (χ3v) is 7.14. The van der Waals surface area contributed by atoms with Gasteiger partial charge in [-0.2, -0.15) is 0 Å². The zero-order chi connectivity index (χ0) is 20.8. The Morgan fingerprint density at radius 2 is 1.83 bits per heavy atom. The van der Waals surface area contributed by atoms with Gasteiger partial charge in [0, 0.05) is 31.3 Å². The third kappa shape index (κ3) is 3.81. The molecule has 0 bridgehead atoms. The molecule has 4 aromatic rings. The van der Waals surface area contributed by atoms with Crippen molar-refractivity contribution in [3.05, 3.63) is 64.0 Å². The van der Waals surface area contributed by atoms with E-state index in [2.05, 4.69) is 4.98 Å². The molecule has 0 aliphatic heterocycles. The van der Waals surface area contributed by atoms with Crippen LogP contribution in [0, 0.1) is 6.92 Å². The summed E-state index contributed by atoms with van der Waals surface area (Å²) in [6, 6.07) is 11.8. The van der Waals surface area contributed by atoms with E-state index in [9.17, 15) is 13.2 Å². The quantitative estimate of drug-likeness (QED) is 0.351. The third-order valence-electron chi connectivity index (χ3n) is 4.45. The Labute approximate surface area is 171 Å². The predicted molar refractivity (Wildman–Crippen MR) is 112 cm³/mol. The molecule has 7 nitrogen and oxygen atoms in total. The Morgan fingerprint density at radius 3 is 2.59 bits per heavy atom. The van der Waals surface area contributed by atoms with Crippen molar-refractivity contribution in [2.75, 3.05) is 14.1 Å². The number of rotatable bonds is 5. The van der Waals surface area contributed by atoms with Crippen molar-refractivity contribution >= 4 is 43.9 Å². The monoisotopic (exact) mass is 430 g/mol. The van der Waals surface area contributed by atoms with Gasteiger partial charge in [-0.05, 0) is 42.3 Å². The topological polar surface area (TPSA) is 93.6 Å². The lowest BCUT2D eigenvalue weighted by molar-refractivity contribution is 0.489. The van der Waals surface area contributed by atoms with E-state index in [1.54, 1.807) is 6.07 Å². The van der Waals surface area contributed by atoms with Crippen molar-refractivity contribution < 1.29 is 17.3 Å². The lowest BCUT2D eigenvalue weighted by Gasteiger charge is -2.10. The predicted octanol–water partition coefficient (Wildman–Crippen LogP) is 3.79. The van der Waals surface area contributed by atoms with Crippen molar-refractivity contribution in [2.45, 2.75) is 22.8 Å². The van der Waals surface area contributed by atoms with E-state index < -0.39 is 15.6 Å². The maximum Gasteiger partial charge on any atom is 0.336 e. The highest BCUT2D eigenvalue weighted by Gasteiger charge is 2.19. The summed E-state index contributed by atoms with van der Waals surface area (Å²) in [4.78, 5) is 16.4. The summed E-state index contributed by atoms with van der Waals surface area (Å²) in [6.07, 6.45) is 0. The van der Waals surface area contributed by atoms with E-state index in [0.717, 1.165) is 20.8 Å². The van der Waals surface area contributed by atoms with E-state index >= 15 is 0 Å². The number of fused-ring (bicyclic) bond motifs is 2. The Kier molecular flexibility index (Phi) is 4.97. The van der Waals surface area contributed by atoms with Crippen molar-refractivity contribution in [1.29, 1.82) is 0 Å². The number of thioether (sulfide) groups is 1. The minimum atomic E-state index is -3.55. The number of hydrogen-bond acceptors (Lipinski definition) is 7. The number of aromatic nitrogens is 1. The summed E-state index contributed by atoms with van der Waals surface area (Å²) in [7, 11) is -0.591. The van der Waals surface area contributed by atoms with Crippen LogP contribution < -0.4 is 5.63 Å². The van der Waals surface area contributed by atoms with Gasteiger partial charge in [-0.3, -0.25) is 0 Å². The van der Waals surface area contributed by atoms with Gasteiger partial charge in [0.1, 0.15) is 11.1 Å². The van der Waals surface area contributed by atoms with Gasteiger partial charge in [0.15, 0.2) is 5.58 Å². The van der Waals surface area contributed by atoms with Gasteiger partial charge in [-0.1, -0.05) is 23.9 Å². The summed E-state index contributed by atoms with van der Waals surface area (Å²) in [6.45, 7) is 1.93. The molecule has 2 heterocycles. The number of sulfonamides is 1. The molecule has 0 aliphatic carbocycles. The van der Waals surface area contributed by atoms with Crippen LogP contribution in [0.2, 0.25) is 0 Å². The van der Waals surface area contributed by atoms with E-state index in [0.29, 0.717) is 27.7 Å². The molecule has 2 aromatic carbocycles. The zero-order valence-corrected chi connectivity index (χ0v) is 17.6. The Bertz CT molecular complexity index is 1390. The molecule has 0 radical (unpaired) electrons. The molecule has 0 unspecified atom stereocenters. The van der Waals surface area contributed by atoms with Gasteiger partial charge >= 0.3 is 5.63 Å². The van der Waals surface area contributed by atoms with Gasteiger partial charge in [-0.15, -0.1) is 0 Å². The summed E-state index contributed by atoms with van der Waals surface area (Å²) in [5, 5.41) is 1.26. The van der Waals surface area contributed by atoms with Crippen LogP contribution in [0.3, 0.4) is 0 Å². The minimum absolute atomic E-state index is 0.155. The Hall–Kier alpha value is -2.62. The number of aryl methyl sites for hydroxylation is 1. The van der Waals surface area contributed by atoms with Gasteiger partial charge in [0.25, 0.3) is 5.22 Å². The molecule has 0 fully saturated rings. The summed E-state index contributed by atoms with van der Waals surface area (Å²) in [5.41, 5.74) is 2.92. The molecule has 0 atom stereocenters. The number of hydrogen-bond donors (Lipinski definition) is 0. The van der Waals surface area contributed by atoms with Crippen LogP contribution in [-0.2, 0) is 15.8 Å². The lowest BCUT2D eigenvalue weighted by Crippen LogP contribution is -2.22. The molecule has 0 aliphatic rings. The Balaban J connectivity index is 1.64. The van der Waals surface area contributed by atoms with Crippen LogP contribution in [0.25, 0.3) is 22.1 Å². The summed E-state index contributed by atoms with van der Waals surface area (Å²) < 4.78 is 36.7. The fraction of sp³-hybridized carbons (Fsp3) is 0.200. The second-order valence-electron chi connectivity index (χ2n) is 6.78. The molecule has 0 amide bonds. The molecule has 0 saturated carbocycles. The zero-order valence-electron chi connectivity index (χ0n) is 16.0. The molecule has 4 rings (SSSR count). The van der Waals surface area contributed by atoms with Crippen LogP contribution in [0.15, 0.2) is 66.2 Å². The first-order valence-corrected chi connectivity index (χ1v) is 11.2. The average molecular weight is 431 g/mol. The highest BCUT2D eigenvalue weighted by atomic mass is 32.2. The Morgan fingerprint density at radius 1 is 1.03 bits per heavy atom. The SMILES string of the molecule is Cc1ccc2c(CSc3nc4cc(S(=O)(=O)N(C)C)ccc4o3)cc(=O)oc2c1. The first kappa shape index (κ1) is 19.7. The van der Waals surface area contributed by atoms with Gasteiger partial charge in [-0.25, -0.2) is 22.5 Å². The van der Waals surface area contributed by atoms with Crippen molar-refractivity contribution in [3.63, 3.8) is 0 Å². The maximum atomic E-state index is 12.3.